The highest BCUT2D eigenvalue weighted by molar-refractivity contribution is 5.41. The minimum Gasteiger partial charge on any atom is -0.489 e. The minimum absolute atomic E-state index is 0.235. The molecule has 3 nitrogen and oxygen atoms in total. The zero-order valence-corrected chi connectivity index (χ0v) is 10.9. The van der Waals surface area contributed by atoms with Crippen LogP contribution in [-0.4, -0.2) is 29.6 Å². The third-order valence-corrected chi connectivity index (χ3v) is 3.28. The van der Waals surface area contributed by atoms with E-state index in [1.165, 1.54) is 0 Å². The maximum Gasteiger partial charge on any atom is 0.119 e. The van der Waals surface area contributed by atoms with Crippen LogP contribution in [0.4, 0.5) is 5.69 Å². The largest absolute Gasteiger partial charge is 0.489 e. The van der Waals surface area contributed by atoms with Crippen LogP contribution in [0.1, 0.15) is 27.2 Å². The molecule has 0 aromatic heterocycles. The number of rotatable bonds is 2. The highest BCUT2D eigenvalue weighted by atomic mass is 16.5. The normalized spacial score (nSPS) is 21.7. The lowest BCUT2D eigenvalue weighted by Crippen LogP contribution is -2.40. The highest BCUT2D eigenvalue weighted by Crippen LogP contribution is 2.24. The Morgan fingerprint density at radius 3 is 2.41 bits per heavy atom. The molecule has 0 saturated carbocycles. The first-order chi connectivity index (χ1) is 7.95. The summed E-state index contributed by atoms with van der Waals surface area (Å²) in [5.41, 5.74) is 6.66. The van der Waals surface area contributed by atoms with Gasteiger partial charge in [-0.3, -0.25) is 4.90 Å². The molecule has 0 bridgehead atoms. The van der Waals surface area contributed by atoms with Gasteiger partial charge in [0.25, 0.3) is 0 Å². The molecule has 1 aromatic carbocycles. The van der Waals surface area contributed by atoms with Gasteiger partial charge >= 0.3 is 0 Å². The molecule has 2 rings (SSSR count). The van der Waals surface area contributed by atoms with Crippen LogP contribution in [0.15, 0.2) is 24.3 Å². The second kappa shape index (κ2) is 4.57. The first kappa shape index (κ1) is 12.2. The van der Waals surface area contributed by atoms with Gasteiger partial charge in [-0.2, -0.15) is 0 Å². The molecule has 0 spiro atoms. The molecule has 17 heavy (non-hydrogen) atoms. The topological polar surface area (TPSA) is 38.5 Å². The molecular weight excluding hydrogens is 212 g/mol. The van der Waals surface area contributed by atoms with Crippen LogP contribution in [0.25, 0.3) is 0 Å². The van der Waals surface area contributed by atoms with E-state index < -0.39 is 0 Å². The molecule has 1 atom stereocenters. The lowest BCUT2D eigenvalue weighted by Gasteiger charge is -2.31. The lowest BCUT2D eigenvalue weighted by atomic mass is 10.1. The zero-order valence-electron chi connectivity index (χ0n) is 10.9. The van der Waals surface area contributed by atoms with Gasteiger partial charge in [-0.1, -0.05) is 0 Å². The average Bonchev–Trinajstić information content (AvgIpc) is 2.69. The summed E-state index contributed by atoms with van der Waals surface area (Å²) in [4.78, 5) is 2.47. The van der Waals surface area contributed by atoms with Crippen molar-refractivity contribution in [3.8, 4) is 5.75 Å². The van der Waals surface area contributed by atoms with Crippen molar-refractivity contribution in [1.29, 1.82) is 0 Å². The van der Waals surface area contributed by atoms with Crippen LogP contribution in [0.5, 0.6) is 5.75 Å². The van der Waals surface area contributed by atoms with E-state index in [1.807, 2.05) is 24.3 Å². The Hall–Kier alpha value is -1.22. The second-order valence-corrected chi connectivity index (χ2v) is 5.71. The Bertz CT molecular complexity index is 367. The van der Waals surface area contributed by atoms with E-state index in [-0.39, 0.29) is 5.54 Å². The summed E-state index contributed by atoms with van der Waals surface area (Å²) >= 11 is 0. The molecule has 1 fully saturated rings. The SMILES string of the molecule is CC(C)(C)N1CCC(Oc2ccc(N)cc2)C1. The third-order valence-electron chi connectivity index (χ3n) is 3.28. The number of nitrogen functional groups attached to an aromatic ring is 1. The number of likely N-dealkylation sites (tertiary alicyclic amines) is 1. The molecule has 1 aliphatic heterocycles. The van der Waals surface area contributed by atoms with Crippen LogP contribution in [0, 0.1) is 0 Å². The summed E-state index contributed by atoms with van der Waals surface area (Å²) in [6, 6.07) is 7.64. The number of hydrogen-bond donors (Lipinski definition) is 1. The fourth-order valence-electron chi connectivity index (χ4n) is 2.17. The number of nitrogens with zero attached hydrogens (tertiary/aromatic N) is 1. The minimum atomic E-state index is 0.235. The summed E-state index contributed by atoms with van der Waals surface area (Å²) in [5.74, 6) is 0.917. The fourth-order valence-corrected chi connectivity index (χ4v) is 2.17. The third kappa shape index (κ3) is 3.13. The number of ether oxygens (including phenoxy) is 1. The Kier molecular flexibility index (Phi) is 3.29. The van der Waals surface area contributed by atoms with E-state index in [4.69, 9.17) is 10.5 Å². The van der Waals surface area contributed by atoms with Crippen LogP contribution in [0.2, 0.25) is 0 Å². The van der Waals surface area contributed by atoms with Gasteiger partial charge in [-0.25, -0.2) is 0 Å². The molecule has 1 aromatic rings. The van der Waals surface area contributed by atoms with E-state index in [9.17, 15) is 0 Å². The molecule has 3 heteroatoms. The monoisotopic (exact) mass is 234 g/mol. The quantitative estimate of drug-likeness (QED) is 0.799. The summed E-state index contributed by atoms with van der Waals surface area (Å²) < 4.78 is 5.96. The van der Waals surface area contributed by atoms with E-state index in [0.717, 1.165) is 30.9 Å². The van der Waals surface area contributed by atoms with Crippen LogP contribution in [0.3, 0.4) is 0 Å². The summed E-state index contributed by atoms with van der Waals surface area (Å²) in [6.45, 7) is 8.87. The second-order valence-electron chi connectivity index (χ2n) is 5.71. The van der Waals surface area contributed by atoms with Gasteiger partial charge in [0.2, 0.25) is 0 Å². The zero-order chi connectivity index (χ0) is 12.5. The van der Waals surface area contributed by atoms with Crippen molar-refractivity contribution in [2.75, 3.05) is 18.8 Å². The fraction of sp³-hybridized carbons (Fsp3) is 0.571. The molecule has 0 aliphatic carbocycles. The molecule has 1 aliphatic rings. The average molecular weight is 234 g/mol. The van der Waals surface area contributed by atoms with Crippen molar-refractivity contribution in [3.05, 3.63) is 24.3 Å². The Balaban J connectivity index is 1.92. The molecule has 0 radical (unpaired) electrons. The Morgan fingerprint density at radius 2 is 1.88 bits per heavy atom. The van der Waals surface area contributed by atoms with Gasteiger partial charge in [-0.15, -0.1) is 0 Å². The Labute approximate surface area is 104 Å². The van der Waals surface area contributed by atoms with E-state index >= 15 is 0 Å². The van der Waals surface area contributed by atoms with E-state index in [1.54, 1.807) is 0 Å². The lowest BCUT2D eigenvalue weighted by molar-refractivity contribution is 0.141. The predicted octanol–water partition coefficient (Wildman–Crippen LogP) is 2.52. The molecule has 94 valence electrons. The molecule has 0 amide bonds. The maximum atomic E-state index is 5.96. The summed E-state index contributed by atoms with van der Waals surface area (Å²) in [5, 5.41) is 0. The molecule has 2 N–H and O–H groups in total. The van der Waals surface area contributed by atoms with E-state index in [2.05, 4.69) is 25.7 Å². The van der Waals surface area contributed by atoms with Crippen LogP contribution >= 0.6 is 0 Å². The van der Waals surface area contributed by atoms with Crippen molar-refractivity contribution >= 4 is 5.69 Å². The number of nitrogens with two attached hydrogens (primary N) is 1. The summed E-state index contributed by atoms with van der Waals surface area (Å²) in [6.07, 6.45) is 1.40. The standard InChI is InChI=1S/C14H22N2O/c1-14(2,3)16-9-8-13(10-16)17-12-6-4-11(15)5-7-12/h4-7,13H,8-10,15H2,1-3H3. The van der Waals surface area contributed by atoms with Crippen molar-refractivity contribution < 1.29 is 4.74 Å². The van der Waals surface area contributed by atoms with Gasteiger partial charge in [0.05, 0.1) is 0 Å². The van der Waals surface area contributed by atoms with Crippen molar-refractivity contribution in [2.24, 2.45) is 0 Å². The first-order valence-corrected chi connectivity index (χ1v) is 6.22. The van der Waals surface area contributed by atoms with Crippen molar-refractivity contribution in [2.45, 2.75) is 38.8 Å². The molecular formula is C14H22N2O. The van der Waals surface area contributed by atoms with Crippen LogP contribution in [-0.2, 0) is 0 Å². The molecule has 1 unspecified atom stereocenters. The van der Waals surface area contributed by atoms with Crippen molar-refractivity contribution in [1.82, 2.24) is 4.90 Å². The van der Waals surface area contributed by atoms with Crippen molar-refractivity contribution in [3.63, 3.8) is 0 Å². The molecule has 1 saturated heterocycles. The number of benzene rings is 1. The van der Waals surface area contributed by atoms with E-state index in [0.29, 0.717) is 6.10 Å². The van der Waals surface area contributed by atoms with Gasteiger partial charge in [0.15, 0.2) is 0 Å². The maximum absolute atomic E-state index is 5.96. The van der Waals surface area contributed by atoms with Crippen LogP contribution < -0.4 is 10.5 Å². The van der Waals surface area contributed by atoms with Gasteiger partial charge in [0, 0.05) is 24.3 Å². The smallest absolute Gasteiger partial charge is 0.119 e. The first-order valence-electron chi connectivity index (χ1n) is 6.22. The predicted molar refractivity (Wildman–Crippen MR) is 71.2 cm³/mol. The number of hydrogen-bond acceptors (Lipinski definition) is 3. The highest BCUT2D eigenvalue weighted by Gasteiger charge is 2.31. The van der Waals surface area contributed by atoms with Gasteiger partial charge < -0.3 is 10.5 Å². The Morgan fingerprint density at radius 1 is 1.24 bits per heavy atom. The molecule has 1 heterocycles. The van der Waals surface area contributed by atoms with Gasteiger partial charge in [0.1, 0.15) is 11.9 Å². The number of anilines is 1. The van der Waals surface area contributed by atoms with Gasteiger partial charge in [-0.05, 0) is 51.5 Å². The summed E-state index contributed by atoms with van der Waals surface area (Å²) in [7, 11) is 0.